The second kappa shape index (κ2) is 6.86. The molecule has 1 aliphatic carbocycles. The van der Waals surface area contributed by atoms with Crippen molar-refractivity contribution in [1.82, 2.24) is 0 Å². The van der Waals surface area contributed by atoms with Crippen LogP contribution in [0, 0.1) is 12.3 Å². The Morgan fingerprint density at radius 2 is 1.59 bits per heavy atom. The van der Waals surface area contributed by atoms with E-state index in [4.69, 9.17) is 14.2 Å². The zero-order valence-corrected chi connectivity index (χ0v) is 13.7. The lowest BCUT2D eigenvalue weighted by atomic mass is 9.85. The van der Waals surface area contributed by atoms with Crippen molar-refractivity contribution in [2.45, 2.75) is 20.3 Å². The molecule has 1 aromatic carbocycles. The molecule has 0 saturated heterocycles. The van der Waals surface area contributed by atoms with Gasteiger partial charge in [-0.05, 0) is 42.5 Å². The number of hydrogen-bond acceptors (Lipinski definition) is 3. The summed E-state index contributed by atoms with van der Waals surface area (Å²) in [5.41, 5.74) is 2.32. The topological polar surface area (TPSA) is 27.7 Å². The van der Waals surface area contributed by atoms with Gasteiger partial charge in [-0.15, -0.1) is 0 Å². The first-order valence-electron chi connectivity index (χ1n) is 7.27. The molecule has 0 saturated carbocycles. The van der Waals surface area contributed by atoms with E-state index in [0.29, 0.717) is 29.2 Å². The van der Waals surface area contributed by atoms with Crippen molar-refractivity contribution in [3.63, 3.8) is 0 Å². The molecule has 0 heterocycles. The van der Waals surface area contributed by atoms with Gasteiger partial charge in [-0.2, -0.15) is 0 Å². The molecule has 0 fully saturated rings. The highest BCUT2D eigenvalue weighted by molar-refractivity contribution is 5.84. The van der Waals surface area contributed by atoms with Crippen LogP contribution >= 0.6 is 0 Å². The Morgan fingerprint density at radius 3 is 2.05 bits per heavy atom. The highest BCUT2D eigenvalue weighted by Crippen LogP contribution is 2.44. The summed E-state index contributed by atoms with van der Waals surface area (Å²) in [5.74, 6) is 1.57. The second-order valence-electron chi connectivity index (χ2n) is 5.39. The van der Waals surface area contributed by atoms with Gasteiger partial charge in [0.05, 0.1) is 21.3 Å². The quantitative estimate of drug-likeness (QED) is 0.796. The molecule has 0 atom stereocenters. The van der Waals surface area contributed by atoms with Gasteiger partial charge >= 0.3 is 0 Å². The molecule has 0 aromatic heterocycles. The van der Waals surface area contributed by atoms with E-state index in [1.807, 2.05) is 0 Å². The fraction of sp³-hybridized carbons (Fsp3) is 0.389. The van der Waals surface area contributed by atoms with Crippen LogP contribution in [0.15, 0.2) is 29.6 Å². The van der Waals surface area contributed by atoms with Crippen LogP contribution in [0.3, 0.4) is 0 Å². The standard InChI is InChI=1S/C18H22FO3/c1-11(2)13-7-6-8-14(19)17(13)12-9-15(20-3)18(22-5)16(10-12)21-4/h7-11H,6H2,1-5H3. The van der Waals surface area contributed by atoms with Crippen LogP contribution in [0.5, 0.6) is 17.2 Å². The zero-order valence-electron chi connectivity index (χ0n) is 13.7. The minimum atomic E-state index is -0.208. The zero-order chi connectivity index (χ0) is 16.3. The van der Waals surface area contributed by atoms with Gasteiger partial charge in [0.15, 0.2) is 11.5 Å². The molecule has 0 unspecified atom stereocenters. The van der Waals surface area contributed by atoms with Crippen molar-refractivity contribution in [3.05, 3.63) is 41.6 Å². The monoisotopic (exact) mass is 305 g/mol. The second-order valence-corrected chi connectivity index (χ2v) is 5.39. The van der Waals surface area contributed by atoms with E-state index in [1.165, 1.54) is 0 Å². The van der Waals surface area contributed by atoms with Crippen LogP contribution in [-0.2, 0) is 0 Å². The normalized spacial score (nSPS) is 15.0. The molecule has 0 amide bonds. The van der Waals surface area contributed by atoms with E-state index in [2.05, 4.69) is 20.3 Å². The van der Waals surface area contributed by atoms with Crippen LogP contribution in [0.4, 0.5) is 4.39 Å². The van der Waals surface area contributed by atoms with Crippen molar-refractivity contribution in [1.29, 1.82) is 0 Å². The third kappa shape index (κ3) is 2.96. The number of ether oxygens (including phenoxy) is 3. The predicted octanol–water partition coefficient (Wildman–Crippen LogP) is 4.58. The average Bonchev–Trinajstić information content (AvgIpc) is 2.52. The van der Waals surface area contributed by atoms with E-state index in [9.17, 15) is 4.39 Å². The lowest BCUT2D eigenvalue weighted by molar-refractivity contribution is 0.324. The van der Waals surface area contributed by atoms with Gasteiger partial charge in [0, 0.05) is 5.57 Å². The maximum absolute atomic E-state index is 14.5. The summed E-state index contributed by atoms with van der Waals surface area (Å²) in [6.07, 6.45) is 4.27. The van der Waals surface area contributed by atoms with Crippen LogP contribution in [-0.4, -0.2) is 21.3 Å². The Kier molecular flexibility index (Phi) is 5.11. The summed E-state index contributed by atoms with van der Waals surface area (Å²) < 4.78 is 30.5. The van der Waals surface area contributed by atoms with Crippen molar-refractivity contribution >= 4 is 5.57 Å². The summed E-state index contributed by atoms with van der Waals surface area (Å²) in [4.78, 5) is 0. The molecule has 0 bridgehead atoms. The predicted molar refractivity (Wildman–Crippen MR) is 86.0 cm³/mol. The van der Waals surface area contributed by atoms with Crippen molar-refractivity contribution in [3.8, 4) is 17.2 Å². The molecule has 3 nitrogen and oxygen atoms in total. The largest absolute Gasteiger partial charge is 0.493 e. The number of hydrogen-bond donors (Lipinski definition) is 0. The Balaban J connectivity index is 2.67. The molecule has 1 aliphatic rings. The van der Waals surface area contributed by atoms with Crippen molar-refractivity contribution in [2.75, 3.05) is 21.3 Å². The van der Waals surface area contributed by atoms with Crippen molar-refractivity contribution < 1.29 is 18.6 Å². The maximum Gasteiger partial charge on any atom is 0.203 e. The molecule has 2 rings (SSSR count). The molecular formula is C18H22FO3. The third-order valence-electron chi connectivity index (χ3n) is 3.74. The molecule has 119 valence electrons. The van der Waals surface area contributed by atoms with Crippen molar-refractivity contribution in [2.24, 2.45) is 5.92 Å². The lowest BCUT2D eigenvalue weighted by Crippen LogP contribution is -2.06. The SMILES string of the molecule is COc1cc(C2=C(C(C)C)[CH]CC=C2F)cc(OC)c1OC. The van der Waals surface area contributed by atoms with Crippen LogP contribution in [0.2, 0.25) is 0 Å². The Hall–Kier alpha value is -1.97. The van der Waals surface area contributed by atoms with Gasteiger partial charge in [0.2, 0.25) is 5.75 Å². The average molecular weight is 305 g/mol. The summed E-state index contributed by atoms with van der Waals surface area (Å²) in [7, 11) is 4.66. The Bertz CT molecular complexity index is 590. The van der Waals surface area contributed by atoms with E-state index in [1.54, 1.807) is 39.5 Å². The summed E-state index contributed by atoms with van der Waals surface area (Å²) >= 11 is 0. The van der Waals surface area contributed by atoms with Gasteiger partial charge in [-0.3, -0.25) is 0 Å². The minimum absolute atomic E-state index is 0.208. The fourth-order valence-corrected chi connectivity index (χ4v) is 2.69. The van der Waals surface area contributed by atoms with E-state index in [-0.39, 0.29) is 11.7 Å². The summed E-state index contributed by atoms with van der Waals surface area (Å²) in [5, 5.41) is 0. The van der Waals surface area contributed by atoms with Gasteiger partial charge in [0.25, 0.3) is 0 Å². The number of rotatable bonds is 5. The molecule has 1 radical (unpaired) electrons. The molecule has 0 N–H and O–H groups in total. The Labute approximate surface area is 131 Å². The van der Waals surface area contributed by atoms with Gasteiger partial charge in [-0.25, -0.2) is 4.39 Å². The molecule has 1 aromatic rings. The molecular weight excluding hydrogens is 283 g/mol. The van der Waals surface area contributed by atoms with Crippen LogP contribution in [0.1, 0.15) is 25.8 Å². The summed E-state index contributed by atoms with van der Waals surface area (Å²) in [6.45, 7) is 4.12. The third-order valence-corrected chi connectivity index (χ3v) is 3.74. The maximum atomic E-state index is 14.5. The molecule has 0 spiro atoms. The smallest absolute Gasteiger partial charge is 0.203 e. The first kappa shape index (κ1) is 16.4. The number of methoxy groups -OCH3 is 3. The highest BCUT2D eigenvalue weighted by Gasteiger charge is 2.23. The first-order valence-corrected chi connectivity index (χ1v) is 7.27. The van der Waals surface area contributed by atoms with E-state index < -0.39 is 0 Å². The first-order chi connectivity index (χ1) is 10.5. The van der Waals surface area contributed by atoms with Crippen LogP contribution < -0.4 is 14.2 Å². The van der Waals surface area contributed by atoms with E-state index >= 15 is 0 Å². The molecule has 4 heteroatoms. The Morgan fingerprint density at radius 1 is 1.00 bits per heavy atom. The van der Waals surface area contributed by atoms with Gasteiger partial charge < -0.3 is 14.2 Å². The number of benzene rings is 1. The number of halogens is 1. The van der Waals surface area contributed by atoms with Gasteiger partial charge in [-0.1, -0.05) is 19.4 Å². The molecule has 0 aliphatic heterocycles. The minimum Gasteiger partial charge on any atom is -0.493 e. The van der Waals surface area contributed by atoms with E-state index in [0.717, 1.165) is 11.1 Å². The highest BCUT2D eigenvalue weighted by atomic mass is 19.1. The number of allylic oxidation sites excluding steroid dienone is 4. The summed E-state index contributed by atoms with van der Waals surface area (Å²) in [6, 6.07) is 3.57. The van der Waals surface area contributed by atoms with Crippen LogP contribution in [0.25, 0.3) is 5.57 Å². The fourth-order valence-electron chi connectivity index (χ4n) is 2.69. The lowest BCUT2D eigenvalue weighted by Gasteiger charge is -2.22. The van der Waals surface area contributed by atoms with Gasteiger partial charge in [0.1, 0.15) is 5.83 Å². The molecule has 22 heavy (non-hydrogen) atoms.